The fourth-order valence-electron chi connectivity index (χ4n) is 1.85. The minimum absolute atomic E-state index is 0.174. The van der Waals surface area contributed by atoms with Crippen molar-refractivity contribution in [3.8, 4) is 0 Å². The van der Waals surface area contributed by atoms with Gasteiger partial charge in [0, 0.05) is 18.0 Å². The standard InChI is InChI=1S/C13H18FNO/c1-10(11-4-3-5-12(14)6-11)15-7-13(2)8-16-9-13/h3-6,10,15H,7-9H2,1-2H3. The van der Waals surface area contributed by atoms with E-state index in [9.17, 15) is 4.39 Å². The lowest BCUT2D eigenvalue weighted by atomic mass is 9.88. The molecule has 0 aromatic heterocycles. The van der Waals surface area contributed by atoms with E-state index in [-0.39, 0.29) is 17.3 Å². The Kier molecular flexibility index (Phi) is 3.26. The molecule has 1 aliphatic rings. The predicted molar refractivity (Wildman–Crippen MR) is 61.7 cm³/mol. The molecule has 1 aliphatic heterocycles. The monoisotopic (exact) mass is 223 g/mol. The molecule has 2 nitrogen and oxygen atoms in total. The predicted octanol–water partition coefficient (Wildman–Crippen LogP) is 2.51. The fraction of sp³-hybridized carbons (Fsp3) is 0.538. The maximum atomic E-state index is 13.0. The number of hydrogen-bond acceptors (Lipinski definition) is 2. The van der Waals surface area contributed by atoms with Crippen molar-refractivity contribution in [3.05, 3.63) is 35.6 Å². The Bertz CT molecular complexity index is 363. The van der Waals surface area contributed by atoms with Gasteiger partial charge in [-0.15, -0.1) is 0 Å². The van der Waals surface area contributed by atoms with E-state index < -0.39 is 0 Å². The highest BCUT2D eigenvalue weighted by Crippen LogP contribution is 2.26. The van der Waals surface area contributed by atoms with E-state index in [1.54, 1.807) is 12.1 Å². The second kappa shape index (κ2) is 4.52. The van der Waals surface area contributed by atoms with Crippen LogP contribution in [0.4, 0.5) is 4.39 Å². The molecule has 0 saturated carbocycles. The minimum Gasteiger partial charge on any atom is -0.380 e. The van der Waals surface area contributed by atoms with E-state index in [1.165, 1.54) is 6.07 Å². The molecule has 0 bridgehead atoms. The van der Waals surface area contributed by atoms with E-state index >= 15 is 0 Å². The first kappa shape index (κ1) is 11.6. The molecule has 1 aromatic carbocycles. The first-order valence-electron chi connectivity index (χ1n) is 5.66. The van der Waals surface area contributed by atoms with Crippen molar-refractivity contribution < 1.29 is 9.13 Å². The molecule has 0 spiro atoms. The zero-order valence-corrected chi connectivity index (χ0v) is 9.79. The maximum absolute atomic E-state index is 13.0. The van der Waals surface area contributed by atoms with E-state index in [2.05, 4.69) is 19.2 Å². The van der Waals surface area contributed by atoms with Crippen LogP contribution in [0.15, 0.2) is 24.3 Å². The van der Waals surface area contributed by atoms with Crippen molar-refractivity contribution in [3.63, 3.8) is 0 Å². The van der Waals surface area contributed by atoms with Crippen LogP contribution >= 0.6 is 0 Å². The molecule has 0 amide bonds. The number of benzene rings is 1. The fourth-order valence-corrected chi connectivity index (χ4v) is 1.85. The normalized spacial score (nSPS) is 20.2. The molecule has 1 heterocycles. The summed E-state index contributed by atoms with van der Waals surface area (Å²) in [6.07, 6.45) is 0. The van der Waals surface area contributed by atoms with Crippen LogP contribution in [0.5, 0.6) is 0 Å². The SMILES string of the molecule is CC(NCC1(C)COC1)c1cccc(F)c1. The van der Waals surface area contributed by atoms with Gasteiger partial charge < -0.3 is 10.1 Å². The highest BCUT2D eigenvalue weighted by Gasteiger charge is 2.33. The summed E-state index contributed by atoms with van der Waals surface area (Å²) in [5, 5.41) is 3.42. The molecule has 1 N–H and O–H groups in total. The molecule has 3 heteroatoms. The van der Waals surface area contributed by atoms with Gasteiger partial charge in [0.15, 0.2) is 0 Å². The van der Waals surface area contributed by atoms with Gasteiger partial charge >= 0.3 is 0 Å². The summed E-state index contributed by atoms with van der Waals surface area (Å²) in [7, 11) is 0. The number of nitrogens with one attached hydrogen (secondary N) is 1. The second-order valence-corrected chi connectivity index (χ2v) is 4.96. The zero-order chi connectivity index (χ0) is 11.6. The molecular formula is C13H18FNO. The van der Waals surface area contributed by atoms with Crippen molar-refractivity contribution in [1.82, 2.24) is 5.32 Å². The van der Waals surface area contributed by atoms with Crippen LogP contribution in [0.25, 0.3) is 0 Å². The Labute approximate surface area is 95.8 Å². The molecule has 1 fully saturated rings. The summed E-state index contributed by atoms with van der Waals surface area (Å²) in [6, 6.07) is 6.92. The van der Waals surface area contributed by atoms with Gasteiger partial charge in [0.05, 0.1) is 13.2 Å². The van der Waals surface area contributed by atoms with Gasteiger partial charge in [-0.1, -0.05) is 19.1 Å². The van der Waals surface area contributed by atoms with E-state index in [1.807, 2.05) is 6.07 Å². The van der Waals surface area contributed by atoms with Gasteiger partial charge in [0.1, 0.15) is 5.82 Å². The van der Waals surface area contributed by atoms with Gasteiger partial charge in [-0.3, -0.25) is 0 Å². The molecule has 1 atom stereocenters. The molecule has 1 unspecified atom stereocenters. The largest absolute Gasteiger partial charge is 0.380 e. The van der Waals surface area contributed by atoms with Crippen LogP contribution in [-0.4, -0.2) is 19.8 Å². The lowest BCUT2D eigenvalue weighted by molar-refractivity contribution is -0.0999. The molecule has 88 valence electrons. The molecule has 0 aliphatic carbocycles. The third-order valence-electron chi connectivity index (χ3n) is 3.08. The lowest BCUT2D eigenvalue weighted by Crippen LogP contribution is -2.47. The van der Waals surface area contributed by atoms with Crippen LogP contribution in [0.3, 0.4) is 0 Å². The molecule has 1 aromatic rings. The van der Waals surface area contributed by atoms with Crippen molar-refractivity contribution in [2.24, 2.45) is 5.41 Å². The smallest absolute Gasteiger partial charge is 0.123 e. The Morgan fingerprint density at radius 3 is 2.81 bits per heavy atom. The van der Waals surface area contributed by atoms with E-state index in [0.29, 0.717) is 0 Å². The molecule has 2 rings (SSSR count). The summed E-state index contributed by atoms with van der Waals surface area (Å²) in [5.74, 6) is -0.177. The second-order valence-electron chi connectivity index (χ2n) is 4.96. The summed E-state index contributed by atoms with van der Waals surface area (Å²) >= 11 is 0. The Hall–Kier alpha value is -0.930. The first-order valence-corrected chi connectivity index (χ1v) is 5.66. The van der Waals surface area contributed by atoms with Gasteiger partial charge in [-0.05, 0) is 24.6 Å². The number of hydrogen-bond donors (Lipinski definition) is 1. The zero-order valence-electron chi connectivity index (χ0n) is 9.79. The van der Waals surface area contributed by atoms with Gasteiger partial charge in [0.2, 0.25) is 0 Å². The van der Waals surface area contributed by atoms with Crippen molar-refractivity contribution in [2.75, 3.05) is 19.8 Å². The van der Waals surface area contributed by atoms with Crippen molar-refractivity contribution in [1.29, 1.82) is 0 Å². The molecular weight excluding hydrogens is 205 g/mol. The lowest BCUT2D eigenvalue weighted by Gasteiger charge is -2.39. The number of rotatable bonds is 4. The highest BCUT2D eigenvalue weighted by molar-refractivity contribution is 5.19. The Balaban J connectivity index is 1.90. The van der Waals surface area contributed by atoms with E-state index in [0.717, 1.165) is 25.3 Å². The quantitative estimate of drug-likeness (QED) is 0.846. The summed E-state index contributed by atoms with van der Waals surface area (Å²) < 4.78 is 18.2. The summed E-state index contributed by atoms with van der Waals surface area (Å²) in [5.41, 5.74) is 1.24. The minimum atomic E-state index is -0.177. The number of ether oxygens (including phenoxy) is 1. The van der Waals surface area contributed by atoms with Gasteiger partial charge in [-0.2, -0.15) is 0 Å². The van der Waals surface area contributed by atoms with Crippen molar-refractivity contribution >= 4 is 0 Å². The Morgan fingerprint density at radius 1 is 1.50 bits per heavy atom. The van der Waals surface area contributed by atoms with Crippen LogP contribution < -0.4 is 5.32 Å². The molecule has 0 radical (unpaired) electrons. The first-order chi connectivity index (χ1) is 7.59. The van der Waals surface area contributed by atoms with E-state index in [4.69, 9.17) is 4.74 Å². The average Bonchev–Trinajstić information content (AvgIpc) is 2.23. The Morgan fingerprint density at radius 2 is 2.25 bits per heavy atom. The van der Waals surface area contributed by atoms with Gasteiger partial charge in [-0.25, -0.2) is 4.39 Å². The highest BCUT2D eigenvalue weighted by atomic mass is 19.1. The topological polar surface area (TPSA) is 21.3 Å². The average molecular weight is 223 g/mol. The van der Waals surface area contributed by atoms with Crippen LogP contribution in [0.2, 0.25) is 0 Å². The maximum Gasteiger partial charge on any atom is 0.123 e. The summed E-state index contributed by atoms with van der Waals surface area (Å²) in [6.45, 7) is 6.79. The van der Waals surface area contributed by atoms with Crippen molar-refractivity contribution in [2.45, 2.75) is 19.9 Å². The van der Waals surface area contributed by atoms with Crippen LogP contribution in [0.1, 0.15) is 25.5 Å². The molecule has 16 heavy (non-hydrogen) atoms. The van der Waals surface area contributed by atoms with Gasteiger partial charge in [0.25, 0.3) is 0 Å². The third kappa shape index (κ3) is 2.60. The van der Waals surface area contributed by atoms with Crippen LogP contribution in [0, 0.1) is 11.2 Å². The number of halogens is 1. The third-order valence-corrected chi connectivity index (χ3v) is 3.08. The molecule has 1 saturated heterocycles. The summed E-state index contributed by atoms with van der Waals surface area (Å²) in [4.78, 5) is 0. The van der Waals surface area contributed by atoms with Crippen LogP contribution in [-0.2, 0) is 4.74 Å².